The van der Waals surface area contributed by atoms with E-state index >= 15 is 0 Å². The molecule has 0 aliphatic heterocycles. The summed E-state index contributed by atoms with van der Waals surface area (Å²) in [5, 5.41) is 0.380. The van der Waals surface area contributed by atoms with Crippen LogP contribution in [0.2, 0.25) is 0 Å². The molecule has 5 heteroatoms. The summed E-state index contributed by atoms with van der Waals surface area (Å²) in [7, 11) is -3.61. The quantitative estimate of drug-likeness (QED) is 0.837. The summed E-state index contributed by atoms with van der Waals surface area (Å²) in [5.74, 6) is 0. The molecule has 0 aliphatic carbocycles. The van der Waals surface area contributed by atoms with Crippen molar-refractivity contribution in [3.8, 4) is 0 Å². The smallest absolute Gasteiger partial charge is 0.261 e. The molecule has 0 amide bonds. The second kappa shape index (κ2) is 6.61. The zero-order chi connectivity index (χ0) is 15.3. The highest BCUT2D eigenvalue weighted by Gasteiger charge is 2.13. The van der Waals surface area contributed by atoms with Gasteiger partial charge in [-0.25, -0.2) is 8.42 Å². The van der Waals surface area contributed by atoms with Crippen LogP contribution in [0.1, 0.15) is 5.56 Å². The van der Waals surface area contributed by atoms with Crippen molar-refractivity contribution < 1.29 is 8.42 Å². The molecule has 0 saturated heterocycles. The maximum Gasteiger partial charge on any atom is 0.261 e. The van der Waals surface area contributed by atoms with E-state index in [1.807, 2.05) is 6.07 Å². The van der Waals surface area contributed by atoms with Crippen molar-refractivity contribution >= 4 is 33.4 Å². The van der Waals surface area contributed by atoms with E-state index in [-0.39, 0.29) is 4.90 Å². The Morgan fingerprint density at radius 3 is 2.48 bits per heavy atom. The van der Waals surface area contributed by atoms with Gasteiger partial charge >= 0.3 is 0 Å². The maximum absolute atomic E-state index is 12.3. The fourth-order valence-corrected chi connectivity index (χ4v) is 2.87. The topological polar surface area (TPSA) is 46.2 Å². The zero-order valence-electron chi connectivity index (χ0n) is 11.2. The summed E-state index contributed by atoms with van der Waals surface area (Å²) in [6.45, 7) is 3.55. The monoisotopic (exact) mass is 319 g/mol. The number of halogens is 1. The first-order valence-corrected chi connectivity index (χ1v) is 8.04. The molecule has 2 rings (SSSR count). The van der Waals surface area contributed by atoms with Crippen molar-refractivity contribution in [2.45, 2.75) is 4.90 Å². The van der Waals surface area contributed by atoms with Crippen LogP contribution in [0.25, 0.3) is 6.08 Å². The summed E-state index contributed by atoms with van der Waals surface area (Å²) in [6.07, 6.45) is 3.31. The highest BCUT2D eigenvalue weighted by molar-refractivity contribution is 7.92. The Bertz CT molecular complexity index is 768. The number of benzene rings is 2. The van der Waals surface area contributed by atoms with Gasteiger partial charge in [0.1, 0.15) is 0 Å². The Morgan fingerprint density at radius 1 is 1.10 bits per heavy atom. The first kappa shape index (κ1) is 15.4. The van der Waals surface area contributed by atoms with Gasteiger partial charge in [-0.05, 0) is 35.9 Å². The molecule has 0 aromatic heterocycles. The van der Waals surface area contributed by atoms with Gasteiger partial charge in [0.15, 0.2) is 0 Å². The standard InChI is InChI=1S/C16H14ClNO2S/c1-13(17)10-11-14-6-5-9-16(12-14)21(19,20)18-15-7-3-2-4-8-15/h2-12,18H,1H2/b11-10+. The van der Waals surface area contributed by atoms with Gasteiger partial charge in [0.2, 0.25) is 0 Å². The van der Waals surface area contributed by atoms with E-state index in [0.717, 1.165) is 5.56 Å². The van der Waals surface area contributed by atoms with Gasteiger partial charge in [-0.3, -0.25) is 4.72 Å². The molecule has 0 bridgehead atoms. The van der Waals surface area contributed by atoms with E-state index < -0.39 is 10.0 Å². The maximum atomic E-state index is 12.3. The zero-order valence-corrected chi connectivity index (χ0v) is 12.7. The lowest BCUT2D eigenvalue weighted by Gasteiger charge is -2.08. The largest absolute Gasteiger partial charge is 0.280 e. The van der Waals surface area contributed by atoms with Crippen LogP contribution in [-0.4, -0.2) is 8.42 Å². The van der Waals surface area contributed by atoms with Gasteiger partial charge in [0, 0.05) is 10.7 Å². The number of rotatable bonds is 5. The lowest BCUT2D eigenvalue weighted by molar-refractivity contribution is 0.601. The molecule has 2 aromatic rings. The third-order valence-corrected chi connectivity index (χ3v) is 4.16. The number of anilines is 1. The van der Waals surface area contributed by atoms with Crippen molar-refractivity contribution in [3.63, 3.8) is 0 Å². The Labute approximate surface area is 129 Å². The predicted molar refractivity (Wildman–Crippen MR) is 87.7 cm³/mol. The van der Waals surface area contributed by atoms with Crippen LogP contribution >= 0.6 is 11.6 Å². The third-order valence-electron chi connectivity index (χ3n) is 2.65. The molecule has 2 aromatic carbocycles. The normalized spacial score (nSPS) is 11.5. The summed E-state index contributed by atoms with van der Waals surface area (Å²) < 4.78 is 27.2. The van der Waals surface area contributed by atoms with Crippen molar-refractivity contribution in [1.29, 1.82) is 0 Å². The lowest BCUT2D eigenvalue weighted by atomic mass is 10.2. The van der Waals surface area contributed by atoms with Crippen molar-refractivity contribution in [2.24, 2.45) is 0 Å². The van der Waals surface area contributed by atoms with Crippen LogP contribution in [0.5, 0.6) is 0 Å². The molecular weight excluding hydrogens is 306 g/mol. The minimum Gasteiger partial charge on any atom is -0.280 e. The van der Waals surface area contributed by atoms with E-state index in [9.17, 15) is 8.42 Å². The van der Waals surface area contributed by atoms with Crippen LogP contribution in [0.4, 0.5) is 5.69 Å². The number of allylic oxidation sites excluding steroid dienone is 2. The third kappa shape index (κ3) is 4.48. The van der Waals surface area contributed by atoms with E-state index in [0.29, 0.717) is 10.7 Å². The number of hydrogen-bond acceptors (Lipinski definition) is 2. The molecule has 21 heavy (non-hydrogen) atoms. The van der Waals surface area contributed by atoms with Crippen molar-refractivity contribution in [3.05, 3.63) is 77.8 Å². The van der Waals surface area contributed by atoms with Gasteiger partial charge < -0.3 is 0 Å². The Morgan fingerprint density at radius 2 is 1.81 bits per heavy atom. The van der Waals surface area contributed by atoms with Crippen LogP contribution in [0.3, 0.4) is 0 Å². The Balaban J connectivity index is 2.28. The fourth-order valence-electron chi connectivity index (χ4n) is 1.69. The highest BCUT2D eigenvalue weighted by atomic mass is 35.5. The van der Waals surface area contributed by atoms with E-state index in [2.05, 4.69) is 11.3 Å². The predicted octanol–water partition coefficient (Wildman–Crippen LogP) is 4.25. The molecule has 0 heterocycles. The molecular formula is C16H14ClNO2S. The number of hydrogen-bond donors (Lipinski definition) is 1. The fraction of sp³-hybridized carbons (Fsp3) is 0. The van der Waals surface area contributed by atoms with Crippen molar-refractivity contribution in [2.75, 3.05) is 4.72 Å². The minimum atomic E-state index is -3.61. The second-order valence-electron chi connectivity index (χ2n) is 4.32. The molecule has 0 radical (unpaired) electrons. The lowest BCUT2D eigenvalue weighted by Crippen LogP contribution is -2.12. The van der Waals surface area contributed by atoms with Crippen molar-refractivity contribution in [1.82, 2.24) is 0 Å². The Hall–Kier alpha value is -2.04. The van der Waals surface area contributed by atoms with Crippen LogP contribution in [0, 0.1) is 0 Å². The van der Waals surface area contributed by atoms with Crippen LogP contribution < -0.4 is 4.72 Å². The molecule has 0 spiro atoms. The molecule has 0 saturated carbocycles. The average molecular weight is 320 g/mol. The van der Waals surface area contributed by atoms with Crippen LogP contribution in [-0.2, 0) is 10.0 Å². The van der Waals surface area contributed by atoms with Gasteiger partial charge in [-0.15, -0.1) is 0 Å². The summed E-state index contributed by atoms with van der Waals surface area (Å²) >= 11 is 5.65. The molecule has 108 valence electrons. The number of para-hydroxylation sites is 1. The van der Waals surface area contributed by atoms with Gasteiger partial charge in [-0.1, -0.05) is 54.6 Å². The molecule has 3 nitrogen and oxygen atoms in total. The average Bonchev–Trinajstić information content (AvgIpc) is 2.46. The van der Waals surface area contributed by atoms with E-state index in [4.69, 9.17) is 11.6 Å². The van der Waals surface area contributed by atoms with Gasteiger partial charge in [0.05, 0.1) is 4.90 Å². The second-order valence-corrected chi connectivity index (χ2v) is 6.49. The Kier molecular flexibility index (Phi) is 4.83. The van der Waals surface area contributed by atoms with E-state index in [1.165, 1.54) is 6.07 Å². The van der Waals surface area contributed by atoms with Crippen LogP contribution in [0.15, 0.2) is 77.2 Å². The molecule has 0 fully saturated rings. The summed E-state index contributed by atoms with van der Waals surface area (Å²) in [4.78, 5) is 0.189. The summed E-state index contributed by atoms with van der Waals surface area (Å²) in [6, 6.07) is 15.3. The van der Waals surface area contributed by atoms with E-state index in [1.54, 1.807) is 54.6 Å². The molecule has 0 unspecified atom stereocenters. The summed E-state index contributed by atoms with van der Waals surface area (Å²) in [5.41, 5.74) is 1.25. The first-order chi connectivity index (χ1) is 9.97. The number of nitrogens with one attached hydrogen (secondary N) is 1. The molecule has 0 aliphatic rings. The highest BCUT2D eigenvalue weighted by Crippen LogP contribution is 2.18. The number of sulfonamides is 1. The first-order valence-electron chi connectivity index (χ1n) is 6.18. The SMILES string of the molecule is C=C(Cl)/C=C/c1cccc(S(=O)(=O)Nc2ccccc2)c1. The van der Waals surface area contributed by atoms with Gasteiger partial charge in [0.25, 0.3) is 10.0 Å². The van der Waals surface area contributed by atoms with Gasteiger partial charge in [-0.2, -0.15) is 0 Å². The molecule has 1 N–H and O–H groups in total. The minimum absolute atomic E-state index is 0.189. The molecule has 0 atom stereocenters.